The summed E-state index contributed by atoms with van der Waals surface area (Å²) in [6, 6.07) is 2.22. The Labute approximate surface area is 81.9 Å². The molecule has 0 aromatic carbocycles. The molecule has 2 aliphatic carbocycles. The second kappa shape index (κ2) is 2.35. The number of rotatable bonds is 2. The van der Waals surface area contributed by atoms with Gasteiger partial charge < -0.3 is 4.52 Å². The molecule has 0 saturated heterocycles. The molecule has 2 atom stereocenters. The van der Waals surface area contributed by atoms with Crippen LogP contribution in [0.5, 0.6) is 0 Å². The molecule has 1 aromatic rings. The Morgan fingerprint density at radius 2 is 2.36 bits per heavy atom. The molecule has 72 valence electrons. The first-order chi connectivity index (χ1) is 6.73. The summed E-state index contributed by atoms with van der Waals surface area (Å²) >= 11 is 0. The predicted molar refractivity (Wildman–Crippen MR) is 47.3 cm³/mol. The number of aromatic nitrogens is 2. The highest BCUT2D eigenvalue weighted by atomic mass is 16.5. The van der Waals surface area contributed by atoms with Gasteiger partial charge in [0.15, 0.2) is 5.82 Å². The maximum absolute atomic E-state index is 8.68. The second-order valence-electron chi connectivity index (χ2n) is 4.59. The number of nitrogens with zero attached hydrogens (tertiary/aromatic N) is 3. The van der Waals surface area contributed by atoms with Crippen molar-refractivity contribution in [2.45, 2.75) is 37.5 Å². The number of hydrogen-bond donors (Lipinski definition) is 0. The van der Waals surface area contributed by atoms with E-state index in [-0.39, 0.29) is 17.3 Å². The molecule has 1 heterocycles. The topological polar surface area (TPSA) is 62.7 Å². The summed E-state index contributed by atoms with van der Waals surface area (Å²) in [5.74, 6) is 1.81. The number of nitriles is 1. The zero-order chi connectivity index (χ0) is 9.76. The number of hydrogen-bond acceptors (Lipinski definition) is 4. The highest BCUT2D eigenvalue weighted by molar-refractivity contribution is 5.19. The highest BCUT2D eigenvalue weighted by Crippen LogP contribution is 2.49. The van der Waals surface area contributed by atoms with E-state index < -0.39 is 0 Å². The van der Waals surface area contributed by atoms with Gasteiger partial charge in [0.05, 0.1) is 17.9 Å². The van der Waals surface area contributed by atoms with E-state index in [2.05, 4.69) is 23.1 Å². The standard InChI is InChI=1S/C10H11N3O/c1-10(2-3-10)9-12-8(14-13-9)7-4-6(7)5-11/h6-7H,2-4H2,1H3. The van der Waals surface area contributed by atoms with Gasteiger partial charge in [0.1, 0.15) is 0 Å². The third-order valence-electron chi connectivity index (χ3n) is 3.26. The molecular formula is C10H11N3O. The third kappa shape index (κ3) is 1.05. The van der Waals surface area contributed by atoms with E-state index in [0.29, 0.717) is 5.89 Å². The zero-order valence-corrected chi connectivity index (χ0v) is 8.03. The minimum atomic E-state index is 0.107. The quantitative estimate of drug-likeness (QED) is 0.711. The van der Waals surface area contributed by atoms with Crippen LogP contribution < -0.4 is 0 Å². The van der Waals surface area contributed by atoms with Crippen LogP contribution in [0.3, 0.4) is 0 Å². The molecule has 0 bridgehead atoms. The van der Waals surface area contributed by atoms with Gasteiger partial charge in [-0.15, -0.1) is 0 Å². The van der Waals surface area contributed by atoms with Gasteiger partial charge in [-0.05, 0) is 19.3 Å². The predicted octanol–water partition coefficient (Wildman–Crippen LogP) is 1.75. The summed E-state index contributed by atoms with van der Waals surface area (Å²) in [4.78, 5) is 4.38. The fourth-order valence-electron chi connectivity index (χ4n) is 1.65. The SMILES string of the molecule is CC1(c2noc(C3CC3C#N)n2)CC1. The molecule has 0 amide bonds. The van der Waals surface area contributed by atoms with Gasteiger partial charge in [-0.2, -0.15) is 10.2 Å². The van der Waals surface area contributed by atoms with Crippen molar-refractivity contribution in [3.05, 3.63) is 11.7 Å². The van der Waals surface area contributed by atoms with E-state index in [0.717, 1.165) is 25.1 Å². The molecule has 4 heteroatoms. The second-order valence-corrected chi connectivity index (χ2v) is 4.59. The fraction of sp³-hybridized carbons (Fsp3) is 0.700. The van der Waals surface area contributed by atoms with Crippen molar-refractivity contribution in [1.29, 1.82) is 5.26 Å². The van der Waals surface area contributed by atoms with Crippen molar-refractivity contribution in [3.8, 4) is 6.07 Å². The molecule has 0 radical (unpaired) electrons. The summed E-state index contributed by atoms with van der Waals surface area (Å²) in [6.45, 7) is 2.15. The van der Waals surface area contributed by atoms with Gasteiger partial charge in [0.2, 0.25) is 5.89 Å². The molecule has 2 aliphatic rings. The molecule has 1 aromatic heterocycles. The van der Waals surface area contributed by atoms with Crippen LogP contribution >= 0.6 is 0 Å². The Hall–Kier alpha value is -1.37. The maximum atomic E-state index is 8.68. The van der Waals surface area contributed by atoms with E-state index in [1.54, 1.807) is 0 Å². The Kier molecular flexibility index (Phi) is 1.34. The van der Waals surface area contributed by atoms with Crippen molar-refractivity contribution < 1.29 is 4.52 Å². The van der Waals surface area contributed by atoms with Crippen molar-refractivity contribution in [3.63, 3.8) is 0 Å². The Balaban J connectivity index is 1.82. The van der Waals surface area contributed by atoms with E-state index >= 15 is 0 Å². The third-order valence-corrected chi connectivity index (χ3v) is 3.26. The smallest absolute Gasteiger partial charge is 0.231 e. The van der Waals surface area contributed by atoms with Crippen molar-refractivity contribution in [2.75, 3.05) is 0 Å². The molecule has 4 nitrogen and oxygen atoms in total. The average Bonchev–Trinajstić information content (AvgIpc) is 3.08. The Morgan fingerprint density at radius 3 is 2.93 bits per heavy atom. The van der Waals surface area contributed by atoms with Crippen LogP contribution in [0, 0.1) is 17.2 Å². The first-order valence-corrected chi connectivity index (χ1v) is 4.97. The van der Waals surface area contributed by atoms with Crippen LogP contribution in [0.1, 0.15) is 43.8 Å². The van der Waals surface area contributed by atoms with Crippen molar-refractivity contribution >= 4 is 0 Å². The monoisotopic (exact) mass is 189 g/mol. The van der Waals surface area contributed by atoms with E-state index in [4.69, 9.17) is 9.78 Å². The van der Waals surface area contributed by atoms with Crippen LogP contribution in [-0.2, 0) is 5.41 Å². The molecule has 2 saturated carbocycles. The summed E-state index contributed by atoms with van der Waals surface area (Å²) in [5.41, 5.74) is 0.165. The largest absolute Gasteiger partial charge is 0.339 e. The van der Waals surface area contributed by atoms with Crippen LogP contribution in [0.2, 0.25) is 0 Å². The van der Waals surface area contributed by atoms with E-state index in [1.165, 1.54) is 0 Å². The van der Waals surface area contributed by atoms with E-state index in [1.807, 2.05) is 0 Å². The molecule has 14 heavy (non-hydrogen) atoms. The lowest BCUT2D eigenvalue weighted by Gasteiger charge is -1.96. The van der Waals surface area contributed by atoms with Gasteiger partial charge >= 0.3 is 0 Å². The minimum absolute atomic E-state index is 0.107. The first kappa shape index (κ1) is 7.98. The van der Waals surface area contributed by atoms with E-state index in [9.17, 15) is 0 Å². The van der Waals surface area contributed by atoms with Gasteiger partial charge in [0, 0.05) is 5.41 Å². The lowest BCUT2D eigenvalue weighted by molar-refractivity contribution is 0.368. The van der Waals surface area contributed by atoms with Crippen LogP contribution in [0.15, 0.2) is 4.52 Å². The van der Waals surface area contributed by atoms with Gasteiger partial charge in [-0.1, -0.05) is 12.1 Å². The Bertz CT molecular complexity index is 413. The van der Waals surface area contributed by atoms with Crippen LogP contribution in [-0.4, -0.2) is 10.1 Å². The zero-order valence-electron chi connectivity index (χ0n) is 8.03. The maximum Gasteiger partial charge on any atom is 0.231 e. The first-order valence-electron chi connectivity index (χ1n) is 4.97. The summed E-state index contributed by atoms with van der Waals surface area (Å²) < 4.78 is 5.17. The summed E-state index contributed by atoms with van der Waals surface area (Å²) in [7, 11) is 0. The van der Waals surface area contributed by atoms with Crippen LogP contribution in [0.4, 0.5) is 0 Å². The minimum Gasteiger partial charge on any atom is -0.339 e. The fourth-order valence-corrected chi connectivity index (χ4v) is 1.65. The lowest BCUT2D eigenvalue weighted by atomic mass is 10.1. The highest BCUT2D eigenvalue weighted by Gasteiger charge is 2.47. The van der Waals surface area contributed by atoms with Crippen LogP contribution in [0.25, 0.3) is 0 Å². The van der Waals surface area contributed by atoms with Crippen molar-refractivity contribution in [1.82, 2.24) is 10.1 Å². The van der Waals surface area contributed by atoms with Gasteiger partial charge in [-0.3, -0.25) is 0 Å². The van der Waals surface area contributed by atoms with Crippen molar-refractivity contribution in [2.24, 2.45) is 5.92 Å². The molecule has 2 fully saturated rings. The molecule has 0 aliphatic heterocycles. The molecule has 3 rings (SSSR count). The Morgan fingerprint density at radius 1 is 1.57 bits per heavy atom. The van der Waals surface area contributed by atoms with Gasteiger partial charge in [0.25, 0.3) is 0 Å². The summed E-state index contributed by atoms with van der Waals surface area (Å²) in [6.07, 6.45) is 3.19. The van der Waals surface area contributed by atoms with Gasteiger partial charge in [-0.25, -0.2) is 0 Å². The molecular weight excluding hydrogens is 178 g/mol. The lowest BCUT2D eigenvalue weighted by Crippen LogP contribution is -2.02. The normalized spacial score (nSPS) is 32.3. The molecule has 2 unspecified atom stereocenters. The summed E-state index contributed by atoms with van der Waals surface area (Å²) in [5, 5.41) is 12.7. The average molecular weight is 189 g/mol. The molecule has 0 N–H and O–H groups in total. The molecule has 0 spiro atoms.